The SMILES string of the molecule is CCc1ccc(CCC(=O)N(Cc2ccc(Cl)c(Cl)c2)[C@@H](CC)C(=O)NC(C)(C)C)cc1. The van der Waals surface area contributed by atoms with Crippen molar-refractivity contribution in [3.63, 3.8) is 0 Å². The van der Waals surface area contributed by atoms with Crippen molar-refractivity contribution in [1.82, 2.24) is 10.2 Å². The van der Waals surface area contributed by atoms with Gasteiger partial charge in [-0.1, -0.05) is 67.4 Å². The van der Waals surface area contributed by atoms with Crippen molar-refractivity contribution in [3.8, 4) is 0 Å². The smallest absolute Gasteiger partial charge is 0.243 e. The van der Waals surface area contributed by atoms with Gasteiger partial charge in [-0.15, -0.1) is 0 Å². The van der Waals surface area contributed by atoms with Crippen molar-refractivity contribution in [1.29, 1.82) is 0 Å². The van der Waals surface area contributed by atoms with Gasteiger partial charge >= 0.3 is 0 Å². The Hall–Kier alpha value is -2.04. The average molecular weight is 477 g/mol. The van der Waals surface area contributed by atoms with Crippen molar-refractivity contribution in [2.45, 2.75) is 78.4 Å². The minimum Gasteiger partial charge on any atom is -0.350 e. The summed E-state index contributed by atoms with van der Waals surface area (Å²) in [6.07, 6.45) is 2.45. The third-order valence-electron chi connectivity index (χ3n) is 5.28. The second-order valence-corrected chi connectivity index (χ2v) is 9.92. The van der Waals surface area contributed by atoms with Crippen LogP contribution in [-0.4, -0.2) is 28.3 Å². The average Bonchev–Trinajstić information content (AvgIpc) is 2.73. The van der Waals surface area contributed by atoms with E-state index in [0.29, 0.717) is 35.9 Å². The highest BCUT2D eigenvalue weighted by Crippen LogP contribution is 2.24. The van der Waals surface area contributed by atoms with Gasteiger partial charge in [0.05, 0.1) is 10.0 Å². The lowest BCUT2D eigenvalue weighted by Crippen LogP contribution is -2.53. The monoisotopic (exact) mass is 476 g/mol. The predicted molar refractivity (Wildman–Crippen MR) is 133 cm³/mol. The van der Waals surface area contributed by atoms with Crippen molar-refractivity contribution in [2.24, 2.45) is 0 Å². The summed E-state index contributed by atoms with van der Waals surface area (Å²) >= 11 is 12.2. The Morgan fingerprint density at radius 1 is 0.938 bits per heavy atom. The standard InChI is InChI=1S/C26H34Cl2N2O2/c1-6-18-8-10-19(11-9-18)13-15-24(31)30(17-20-12-14-21(27)22(28)16-20)23(7-2)25(32)29-26(3,4)5/h8-12,14,16,23H,6-7,13,15,17H2,1-5H3,(H,29,32)/t23-/m0/s1. The fourth-order valence-electron chi connectivity index (χ4n) is 3.54. The highest BCUT2D eigenvalue weighted by Gasteiger charge is 2.30. The van der Waals surface area contributed by atoms with Crippen LogP contribution in [0, 0.1) is 0 Å². The second-order valence-electron chi connectivity index (χ2n) is 9.10. The highest BCUT2D eigenvalue weighted by atomic mass is 35.5. The molecule has 0 saturated heterocycles. The van der Waals surface area contributed by atoms with Crippen molar-refractivity contribution in [2.75, 3.05) is 0 Å². The van der Waals surface area contributed by atoms with Gasteiger partial charge in [-0.3, -0.25) is 9.59 Å². The number of rotatable bonds is 9. The molecule has 0 saturated carbocycles. The van der Waals surface area contributed by atoms with E-state index in [-0.39, 0.29) is 17.4 Å². The number of halogens is 2. The molecule has 6 heteroatoms. The van der Waals surface area contributed by atoms with Crippen LogP contribution in [0.3, 0.4) is 0 Å². The number of carbonyl (C=O) groups excluding carboxylic acids is 2. The Morgan fingerprint density at radius 3 is 2.06 bits per heavy atom. The number of hydrogen-bond donors (Lipinski definition) is 1. The van der Waals surface area contributed by atoms with Gasteiger partial charge in [-0.2, -0.15) is 0 Å². The van der Waals surface area contributed by atoms with Crippen molar-refractivity contribution < 1.29 is 9.59 Å². The van der Waals surface area contributed by atoms with Gasteiger partial charge in [-0.05, 0) is 68.9 Å². The van der Waals surface area contributed by atoms with Crippen LogP contribution in [0.4, 0.5) is 0 Å². The minimum atomic E-state index is -0.571. The molecule has 1 N–H and O–H groups in total. The van der Waals surface area contributed by atoms with Gasteiger partial charge in [0.2, 0.25) is 11.8 Å². The molecule has 4 nitrogen and oxygen atoms in total. The van der Waals surface area contributed by atoms with Crippen LogP contribution in [0.1, 0.15) is 64.2 Å². The molecule has 0 bridgehead atoms. The highest BCUT2D eigenvalue weighted by molar-refractivity contribution is 6.42. The maximum atomic E-state index is 13.4. The molecular weight excluding hydrogens is 443 g/mol. The second kappa shape index (κ2) is 11.7. The van der Waals surface area contributed by atoms with Crippen LogP contribution >= 0.6 is 23.2 Å². The number of aryl methyl sites for hydroxylation is 2. The number of nitrogens with zero attached hydrogens (tertiary/aromatic N) is 1. The maximum absolute atomic E-state index is 13.4. The van der Waals surface area contributed by atoms with Crippen molar-refractivity contribution >= 4 is 35.0 Å². The molecule has 2 rings (SSSR count). The van der Waals surface area contributed by atoms with E-state index in [2.05, 4.69) is 36.5 Å². The quantitative estimate of drug-likeness (QED) is 0.467. The lowest BCUT2D eigenvalue weighted by molar-refractivity contribution is -0.142. The fourth-order valence-corrected chi connectivity index (χ4v) is 3.86. The van der Waals surface area contributed by atoms with Crippen LogP contribution < -0.4 is 5.32 Å². The number of carbonyl (C=O) groups is 2. The largest absolute Gasteiger partial charge is 0.350 e. The van der Waals surface area contributed by atoms with E-state index in [1.165, 1.54) is 5.56 Å². The molecule has 0 unspecified atom stereocenters. The summed E-state index contributed by atoms with van der Waals surface area (Å²) < 4.78 is 0. The van der Waals surface area contributed by atoms with Gasteiger partial charge in [0.15, 0.2) is 0 Å². The summed E-state index contributed by atoms with van der Waals surface area (Å²) in [6, 6.07) is 13.1. The molecule has 0 aromatic heterocycles. The lowest BCUT2D eigenvalue weighted by atomic mass is 10.0. The maximum Gasteiger partial charge on any atom is 0.243 e. The van der Waals surface area contributed by atoms with E-state index in [9.17, 15) is 9.59 Å². The first-order valence-corrected chi connectivity index (χ1v) is 11.9. The first-order valence-electron chi connectivity index (χ1n) is 11.2. The Balaban J connectivity index is 2.24. The molecule has 32 heavy (non-hydrogen) atoms. The van der Waals surface area contributed by atoms with E-state index < -0.39 is 6.04 Å². The Kier molecular flexibility index (Phi) is 9.60. The molecule has 0 aliphatic rings. The number of amides is 2. The third kappa shape index (κ3) is 7.83. The summed E-state index contributed by atoms with van der Waals surface area (Å²) in [5, 5.41) is 3.91. The molecule has 0 aliphatic heterocycles. The van der Waals surface area contributed by atoms with Gasteiger partial charge in [0.1, 0.15) is 6.04 Å². The minimum absolute atomic E-state index is 0.0634. The Morgan fingerprint density at radius 2 is 1.53 bits per heavy atom. The molecule has 0 fully saturated rings. The van der Waals surface area contributed by atoms with Gasteiger partial charge in [0, 0.05) is 18.5 Å². The van der Waals surface area contributed by atoms with Crippen LogP contribution in [0.15, 0.2) is 42.5 Å². The summed E-state index contributed by atoms with van der Waals surface area (Å²) in [5.74, 6) is -0.216. The van der Waals surface area contributed by atoms with Crippen LogP contribution in [0.2, 0.25) is 10.0 Å². The third-order valence-corrected chi connectivity index (χ3v) is 6.02. The first-order chi connectivity index (χ1) is 15.0. The van der Waals surface area contributed by atoms with Crippen LogP contribution in [-0.2, 0) is 29.0 Å². The van der Waals surface area contributed by atoms with Crippen LogP contribution in [0.5, 0.6) is 0 Å². The molecule has 2 aromatic rings. The Labute approximate surface area is 202 Å². The zero-order valence-corrected chi connectivity index (χ0v) is 21.2. The van der Waals surface area contributed by atoms with Crippen LogP contribution in [0.25, 0.3) is 0 Å². The molecule has 0 spiro atoms. The summed E-state index contributed by atoms with van der Waals surface area (Å²) in [4.78, 5) is 28.1. The molecule has 0 aliphatic carbocycles. The molecule has 0 heterocycles. The molecule has 0 radical (unpaired) electrons. The molecule has 1 atom stereocenters. The summed E-state index contributed by atoms with van der Waals surface area (Å²) in [5.41, 5.74) is 2.83. The first kappa shape index (κ1) is 26.2. The predicted octanol–water partition coefficient (Wildman–Crippen LogP) is 6.21. The summed E-state index contributed by atoms with van der Waals surface area (Å²) in [7, 11) is 0. The normalized spacial score (nSPS) is 12.3. The van der Waals surface area contributed by atoms with Crippen molar-refractivity contribution in [3.05, 3.63) is 69.2 Å². The fraction of sp³-hybridized carbons (Fsp3) is 0.462. The van der Waals surface area contributed by atoms with E-state index >= 15 is 0 Å². The number of benzene rings is 2. The Bertz CT molecular complexity index is 920. The van der Waals surface area contributed by atoms with E-state index in [1.54, 1.807) is 17.0 Å². The number of hydrogen-bond acceptors (Lipinski definition) is 2. The number of nitrogens with one attached hydrogen (secondary N) is 1. The summed E-state index contributed by atoms with van der Waals surface area (Å²) in [6.45, 7) is 10.1. The zero-order valence-electron chi connectivity index (χ0n) is 19.7. The topological polar surface area (TPSA) is 49.4 Å². The van der Waals surface area contributed by atoms with E-state index in [1.807, 2.05) is 33.8 Å². The van der Waals surface area contributed by atoms with Gasteiger partial charge in [0.25, 0.3) is 0 Å². The molecule has 174 valence electrons. The van der Waals surface area contributed by atoms with E-state index in [4.69, 9.17) is 23.2 Å². The molecule has 2 amide bonds. The molecule has 2 aromatic carbocycles. The zero-order chi connectivity index (χ0) is 23.9. The van der Waals surface area contributed by atoms with Gasteiger partial charge in [-0.25, -0.2) is 0 Å². The molecular formula is C26H34Cl2N2O2. The lowest BCUT2D eigenvalue weighted by Gasteiger charge is -2.33. The van der Waals surface area contributed by atoms with Gasteiger partial charge < -0.3 is 10.2 Å². The van der Waals surface area contributed by atoms with E-state index in [0.717, 1.165) is 17.5 Å².